The van der Waals surface area contributed by atoms with E-state index in [4.69, 9.17) is 14.6 Å². The van der Waals surface area contributed by atoms with Crippen molar-refractivity contribution in [1.29, 1.82) is 0 Å². The summed E-state index contributed by atoms with van der Waals surface area (Å²) in [5, 5.41) is 8.10. The van der Waals surface area contributed by atoms with Crippen molar-refractivity contribution in [2.75, 3.05) is 13.2 Å². The number of halogens is 1. The van der Waals surface area contributed by atoms with Crippen molar-refractivity contribution >= 4 is 30.1 Å². The van der Waals surface area contributed by atoms with Gasteiger partial charge in [0, 0.05) is 51.1 Å². The van der Waals surface area contributed by atoms with E-state index in [2.05, 4.69) is 53.1 Å². The highest BCUT2D eigenvalue weighted by Crippen LogP contribution is 2.62. The molecule has 0 aromatic carbocycles. The Labute approximate surface area is 166 Å². The Morgan fingerprint density at radius 3 is 2.64 bits per heavy atom. The van der Waals surface area contributed by atoms with Crippen LogP contribution in [0.15, 0.2) is 0 Å². The maximum absolute atomic E-state index is 6.19. The number of nitrogens with zero attached hydrogens (tertiary/aromatic N) is 2. The highest BCUT2D eigenvalue weighted by molar-refractivity contribution is 14.2. The maximum atomic E-state index is 6.19. The molecule has 0 N–H and O–H groups in total. The van der Waals surface area contributed by atoms with Crippen LogP contribution in [-0.2, 0) is 28.4 Å². The van der Waals surface area contributed by atoms with Gasteiger partial charge in [-0.3, -0.25) is 4.68 Å². The van der Waals surface area contributed by atoms with Crippen LogP contribution in [0, 0.1) is 22.5 Å². The molecule has 4 nitrogen and oxygen atoms in total. The van der Waals surface area contributed by atoms with E-state index in [0.717, 1.165) is 44.6 Å². The first-order valence-electron chi connectivity index (χ1n) is 8.98. The first-order chi connectivity index (χ1) is 11.9. The summed E-state index contributed by atoms with van der Waals surface area (Å²) in [4.78, 5) is 0. The number of rotatable bonds is 0. The molecular formula is C19H25IN2O2S. The summed E-state index contributed by atoms with van der Waals surface area (Å²) in [7, 11) is 3.55. The van der Waals surface area contributed by atoms with Crippen molar-refractivity contribution in [3.63, 3.8) is 0 Å². The second-order valence-electron chi connectivity index (χ2n) is 8.28. The minimum absolute atomic E-state index is 0.0321. The standard InChI is InChI=1S/C19H25IN2O2S/c1-17(2)15-6-5-13-14(7-12-25-20)22(4)21-16(13)18(15,3)8-9-19(17)23-10-11-24-19/h15H,5-6,8-11H2,1-4H3/t15?,18-/m0/s1. The van der Waals surface area contributed by atoms with Gasteiger partial charge in [-0.25, -0.2) is 0 Å². The van der Waals surface area contributed by atoms with Crippen LogP contribution in [0.5, 0.6) is 0 Å². The monoisotopic (exact) mass is 472 g/mol. The van der Waals surface area contributed by atoms with Gasteiger partial charge < -0.3 is 9.47 Å². The van der Waals surface area contributed by atoms with E-state index in [-0.39, 0.29) is 10.8 Å². The largest absolute Gasteiger partial charge is 0.347 e. The van der Waals surface area contributed by atoms with E-state index in [1.54, 1.807) is 0 Å². The van der Waals surface area contributed by atoms with Crippen LogP contribution in [0.4, 0.5) is 0 Å². The molecule has 1 aromatic rings. The summed E-state index contributed by atoms with van der Waals surface area (Å²) in [6.07, 6.45) is 4.17. The summed E-state index contributed by atoms with van der Waals surface area (Å²) in [6.45, 7) is 8.50. The van der Waals surface area contributed by atoms with Gasteiger partial charge in [0.05, 0.1) is 18.9 Å². The van der Waals surface area contributed by atoms with Gasteiger partial charge >= 0.3 is 0 Å². The smallest absolute Gasteiger partial charge is 0.173 e. The Morgan fingerprint density at radius 1 is 1.24 bits per heavy atom. The lowest BCUT2D eigenvalue weighted by molar-refractivity contribution is -0.276. The second-order valence-corrected chi connectivity index (χ2v) is 9.96. The molecular weight excluding hydrogens is 447 g/mol. The fourth-order valence-electron chi connectivity index (χ4n) is 5.69. The molecule has 136 valence electrons. The maximum Gasteiger partial charge on any atom is 0.173 e. The van der Waals surface area contributed by atoms with Crippen molar-refractivity contribution in [2.45, 2.75) is 57.7 Å². The molecule has 1 spiro atoms. The Hall–Kier alpha value is -0.230. The zero-order valence-corrected chi connectivity index (χ0v) is 18.3. The van der Waals surface area contributed by atoms with Gasteiger partial charge in [-0.2, -0.15) is 5.10 Å². The van der Waals surface area contributed by atoms with E-state index in [0.29, 0.717) is 5.92 Å². The number of aromatic nitrogens is 2. The van der Waals surface area contributed by atoms with E-state index in [1.807, 2.05) is 11.7 Å². The third-order valence-corrected chi connectivity index (χ3v) is 7.77. The molecule has 4 rings (SSSR count). The summed E-state index contributed by atoms with van der Waals surface area (Å²) < 4.78 is 14.4. The molecule has 1 unspecified atom stereocenters. The van der Waals surface area contributed by atoms with Gasteiger partial charge in [0.15, 0.2) is 5.79 Å². The lowest BCUT2D eigenvalue weighted by Gasteiger charge is -2.59. The van der Waals surface area contributed by atoms with Crippen LogP contribution in [0.25, 0.3) is 0 Å². The number of ether oxygens (including phenoxy) is 2. The molecule has 1 aromatic heterocycles. The zero-order valence-electron chi connectivity index (χ0n) is 15.3. The van der Waals surface area contributed by atoms with Gasteiger partial charge in [0.1, 0.15) is 5.69 Å². The molecule has 3 aliphatic rings. The van der Waals surface area contributed by atoms with Crippen molar-refractivity contribution in [3.05, 3.63) is 17.0 Å². The molecule has 1 saturated heterocycles. The van der Waals surface area contributed by atoms with E-state index in [9.17, 15) is 0 Å². The highest BCUT2D eigenvalue weighted by atomic mass is 127. The fraction of sp³-hybridized carbons (Fsp3) is 0.737. The molecule has 2 atom stereocenters. The van der Waals surface area contributed by atoms with Gasteiger partial charge in [0.25, 0.3) is 0 Å². The second kappa shape index (κ2) is 6.15. The van der Waals surface area contributed by atoms with Crippen molar-refractivity contribution in [3.8, 4) is 11.2 Å². The molecule has 6 heteroatoms. The van der Waals surface area contributed by atoms with Crippen LogP contribution in [-0.4, -0.2) is 28.8 Å². The van der Waals surface area contributed by atoms with Crippen LogP contribution >= 0.6 is 30.1 Å². The molecule has 2 heterocycles. The predicted molar refractivity (Wildman–Crippen MR) is 109 cm³/mol. The topological polar surface area (TPSA) is 36.3 Å². The molecule has 1 saturated carbocycles. The van der Waals surface area contributed by atoms with E-state index < -0.39 is 5.79 Å². The van der Waals surface area contributed by atoms with Crippen LogP contribution in [0.3, 0.4) is 0 Å². The Bertz CT molecular complexity index is 757. The average molecular weight is 472 g/mol. The molecule has 0 amide bonds. The number of hydrogen-bond donors (Lipinski definition) is 0. The SMILES string of the molecule is Cn1nc2c(c1C#CSI)CCC1C(C)(C)C3(CC[C@]21C)OCCO3. The molecule has 25 heavy (non-hydrogen) atoms. The van der Waals surface area contributed by atoms with Gasteiger partial charge in [-0.1, -0.05) is 20.8 Å². The van der Waals surface area contributed by atoms with Gasteiger partial charge in [-0.05, 0) is 45.3 Å². The summed E-state index contributed by atoms with van der Waals surface area (Å²) in [6, 6.07) is 0. The Kier molecular flexibility index (Phi) is 4.46. The summed E-state index contributed by atoms with van der Waals surface area (Å²) >= 11 is 2.22. The zero-order chi connectivity index (χ0) is 17.9. The van der Waals surface area contributed by atoms with Crippen molar-refractivity contribution < 1.29 is 9.47 Å². The lowest BCUT2D eigenvalue weighted by Crippen LogP contribution is -2.61. The molecule has 1 aliphatic heterocycles. The number of aryl methyl sites for hydroxylation is 1. The van der Waals surface area contributed by atoms with Crippen molar-refractivity contribution in [2.24, 2.45) is 18.4 Å². The van der Waals surface area contributed by atoms with E-state index in [1.165, 1.54) is 20.2 Å². The third-order valence-electron chi connectivity index (χ3n) is 6.93. The molecule has 0 radical (unpaired) electrons. The Morgan fingerprint density at radius 2 is 1.96 bits per heavy atom. The third kappa shape index (κ3) is 2.45. The minimum atomic E-state index is -0.413. The quantitative estimate of drug-likeness (QED) is 0.419. The number of hydrogen-bond acceptors (Lipinski definition) is 4. The first kappa shape index (κ1) is 18.1. The highest BCUT2D eigenvalue weighted by Gasteiger charge is 2.64. The predicted octanol–water partition coefficient (Wildman–Crippen LogP) is 4.20. The average Bonchev–Trinajstić information content (AvgIpc) is 3.17. The van der Waals surface area contributed by atoms with E-state index >= 15 is 0 Å². The van der Waals surface area contributed by atoms with Crippen LogP contribution < -0.4 is 0 Å². The fourth-order valence-corrected chi connectivity index (χ4v) is 6.16. The molecule has 2 aliphatic carbocycles. The van der Waals surface area contributed by atoms with Crippen LogP contribution in [0.1, 0.15) is 57.0 Å². The molecule has 0 bridgehead atoms. The van der Waals surface area contributed by atoms with Gasteiger partial charge in [-0.15, -0.1) is 0 Å². The normalized spacial score (nSPS) is 32.0. The first-order valence-corrected chi connectivity index (χ1v) is 12.3. The minimum Gasteiger partial charge on any atom is -0.347 e. The van der Waals surface area contributed by atoms with Gasteiger partial charge in [0.2, 0.25) is 0 Å². The summed E-state index contributed by atoms with van der Waals surface area (Å²) in [5.41, 5.74) is 3.74. The number of fused-ring (bicyclic) bond motifs is 3. The molecule has 2 fully saturated rings. The lowest BCUT2D eigenvalue weighted by atomic mass is 9.49. The van der Waals surface area contributed by atoms with Crippen LogP contribution in [0.2, 0.25) is 0 Å². The Balaban J connectivity index is 1.79. The van der Waals surface area contributed by atoms with Crippen molar-refractivity contribution in [1.82, 2.24) is 9.78 Å². The summed E-state index contributed by atoms with van der Waals surface area (Å²) in [5.74, 6) is 3.39.